The van der Waals surface area contributed by atoms with Gasteiger partial charge in [0.05, 0.1) is 0 Å². The minimum Gasteiger partial charge on any atom is -0.396 e. The summed E-state index contributed by atoms with van der Waals surface area (Å²) in [5.41, 5.74) is 5.45. The molecule has 3 N–H and O–H groups in total. The molecule has 0 aromatic heterocycles. The first-order chi connectivity index (χ1) is 3.81. The van der Waals surface area contributed by atoms with Crippen LogP contribution in [0.2, 0.25) is 0 Å². The average molecular weight is 152 g/mol. The first-order valence-corrected chi connectivity index (χ1v) is 2.80. The standard InChI is InChI=1S/C6H13NO.ClH/c1-2-3-6(7)4-5-8;/h2-3,6,8H,4-5,7H2,1H3;1H. The summed E-state index contributed by atoms with van der Waals surface area (Å²) in [5.74, 6) is 0. The van der Waals surface area contributed by atoms with Gasteiger partial charge in [0.1, 0.15) is 0 Å². The van der Waals surface area contributed by atoms with E-state index in [9.17, 15) is 0 Å². The molecule has 0 spiro atoms. The maximum atomic E-state index is 8.35. The summed E-state index contributed by atoms with van der Waals surface area (Å²) in [5, 5.41) is 8.35. The Balaban J connectivity index is 0. The van der Waals surface area contributed by atoms with Gasteiger partial charge < -0.3 is 10.8 Å². The van der Waals surface area contributed by atoms with Crippen LogP contribution < -0.4 is 5.73 Å². The van der Waals surface area contributed by atoms with E-state index >= 15 is 0 Å². The first-order valence-electron chi connectivity index (χ1n) is 2.80. The Bertz CT molecular complexity index is 75.5. The van der Waals surface area contributed by atoms with Gasteiger partial charge in [0, 0.05) is 12.6 Å². The van der Waals surface area contributed by atoms with Gasteiger partial charge in [-0.2, -0.15) is 0 Å². The lowest BCUT2D eigenvalue weighted by Gasteiger charge is -1.99. The molecule has 0 bridgehead atoms. The topological polar surface area (TPSA) is 46.2 Å². The fourth-order valence-corrected chi connectivity index (χ4v) is 0.492. The van der Waals surface area contributed by atoms with Gasteiger partial charge in [-0.25, -0.2) is 0 Å². The van der Waals surface area contributed by atoms with Crippen LogP contribution in [-0.2, 0) is 0 Å². The summed E-state index contributed by atoms with van der Waals surface area (Å²) < 4.78 is 0. The molecule has 0 aliphatic carbocycles. The maximum absolute atomic E-state index is 8.35. The van der Waals surface area contributed by atoms with Crippen LogP contribution in [0.1, 0.15) is 13.3 Å². The molecule has 0 rings (SSSR count). The number of aliphatic hydroxyl groups is 1. The highest BCUT2D eigenvalue weighted by atomic mass is 35.5. The Kier molecular flexibility index (Phi) is 10.3. The van der Waals surface area contributed by atoms with E-state index in [1.807, 2.05) is 19.1 Å². The van der Waals surface area contributed by atoms with Crippen molar-refractivity contribution >= 4 is 12.4 Å². The summed E-state index contributed by atoms with van der Waals surface area (Å²) in [6.45, 7) is 2.09. The van der Waals surface area contributed by atoms with Crippen molar-refractivity contribution < 1.29 is 5.11 Å². The van der Waals surface area contributed by atoms with Crippen molar-refractivity contribution in [2.45, 2.75) is 19.4 Å². The Morgan fingerprint density at radius 3 is 2.56 bits per heavy atom. The van der Waals surface area contributed by atoms with Gasteiger partial charge in [0.15, 0.2) is 0 Å². The molecule has 1 unspecified atom stereocenters. The molecule has 56 valence electrons. The number of allylic oxidation sites excluding steroid dienone is 1. The predicted octanol–water partition coefficient (Wildman–Crippen LogP) is 0.694. The lowest BCUT2D eigenvalue weighted by molar-refractivity contribution is 0.283. The maximum Gasteiger partial charge on any atom is 0.0448 e. The van der Waals surface area contributed by atoms with Crippen molar-refractivity contribution in [1.82, 2.24) is 0 Å². The molecule has 9 heavy (non-hydrogen) atoms. The Morgan fingerprint density at radius 1 is 1.67 bits per heavy atom. The molecule has 3 heteroatoms. The molecule has 0 aliphatic rings. The average Bonchev–Trinajstić information content (AvgIpc) is 1.68. The number of nitrogens with two attached hydrogens (primary N) is 1. The van der Waals surface area contributed by atoms with Gasteiger partial charge in [0.2, 0.25) is 0 Å². The van der Waals surface area contributed by atoms with Crippen LogP contribution in [0, 0.1) is 0 Å². The fourth-order valence-electron chi connectivity index (χ4n) is 0.492. The monoisotopic (exact) mass is 151 g/mol. The minimum atomic E-state index is 0. The Labute approximate surface area is 62.2 Å². The predicted molar refractivity (Wildman–Crippen MR) is 41.7 cm³/mol. The third-order valence-electron chi connectivity index (χ3n) is 0.902. The highest BCUT2D eigenvalue weighted by molar-refractivity contribution is 5.85. The molecule has 0 aromatic rings. The normalized spacial score (nSPS) is 13.2. The van der Waals surface area contributed by atoms with Gasteiger partial charge in [0.25, 0.3) is 0 Å². The van der Waals surface area contributed by atoms with Crippen LogP contribution in [0.25, 0.3) is 0 Å². The van der Waals surface area contributed by atoms with E-state index in [-0.39, 0.29) is 25.1 Å². The molecule has 2 nitrogen and oxygen atoms in total. The van der Waals surface area contributed by atoms with Crippen molar-refractivity contribution in [3.8, 4) is 0 Å². The summed E-state index contributed by atoms with van der Waals surface area (Å²) in [6.07, 6.45) is 4.42. The molecule has 0 saturated carbocycles. The molecule has 0 heterocycles. The van der Waals surface area contributed by atoms with Crippen molar-refractivity contribution in [3.63, 3.8) is 0 Å². The van der Waals surface area contributed by atoms with Crippen LogP contribution in [0.3, 0.4) is 0 Å². The zero-order chi connectivity index (χ0) is 6.41. The van der Waals surface area contributed by atoms with Crippen molar-refractivity contribution in [2.75, 3.05) is 6.61 Å². The smallest absolute Gasteiger partial charge is 0.0448 e. The van der Waals surface area contributed by atoms with Gasteiger partial charge in [-0.1, -0.05) is 12.2 Å². The largest absolute Gasteiger partial charge is 0.396 e. The number of hydrogen-bond acceptors (Lipinski definition) is 2. The second-order valence-electron chi connectivity index (χ2n) is 1.70. The van der Waals surface area contributed by atoms with Gasteiger partial charge in [-0.15, -0.1) is 12.4 Å². The van der Waals surface area contributed by atoms with Crippen molar-refractivity contribution in [2.24, 2.45) is 5.73 Å². The van der Waals surface area contributed by atoms with Crippen LogP contribution in [-0.4, -0.2) is 17.8 Å². The highest BCUT2D eigenvalue weighted by Crippen LogP contribution is 1.86. The summed E-state index contributed by atoms with van der Waals surface area (Å²) in [4.78, 5) is 0. The number of halogens is 1. The van der Waals surface area contributed by atoms with Crippen LogP contribution in [0.5, 0.6) is 0 Å². The number of hydrogen-bond donors (Lipinski definition) is 2. The number of aliphatic hydroxyl groups excluding tert-OH is 1. The molecule has 1 atom stereocenters. The fraction of sp³-hybridized carbons (Fsp3) is 0.667. The summed E-state index contributed by atoms with van der Waals surface area (Å²) in [6, 6.07) is 0.0324. The third kappa shape index (κ3) is 7.95. The molecular formula is C6H14ClNO. The summed E-state index contributed by atoms with van der Waals surface area (Å²) >= 11 is 0. The Hall–Kier alpha value is -0.0500. The highest BCUT2D eigenvalue weighted by Gasteiger charge is 1.91. The van der Waals surface area contributed by atoms with Crippen LogP contribution >= 0.6 is 12.4 Å². The van der Waals surface area contributed by atoms with Crippen LogP contribution in [0.4, 0.5) is 0 Å². The van der Waals surface area contributed by atoms with Crippen molar-refractivity contribution in [3.05, 3.63) is 12.2 Å². The van der Waals surface area contributed by atoms with E-state index in [0.717, 1.165) is 0 Å². The molecule has 0 radical (unpaired) electrons. The Morgan fingerprint density at radius 2 is 2.22 bits per heavy atom. The molecular weight excluding hydrogens is 138 g/mol. The molecule has 0 aromatic carbocycles. The van der Waals surface area contributed by atoms with Gasteiger partial charge in [-0.3, -0.25) is 0 Å². The van der Waals surface area contributed by atoms with Crippen molar-refractivity contribution in [1.29, 1.82) is 0 Å². The molecule has 0 saturated heterocycles. The van der Waals surface area contributed by atoms with E-state index in [1.54, 1.807) is 0 Å². The molecule has 0 amide bonds. The van der Waals surface area contributed by atoms with Crippen LogP contribution in [0.15, 0.2) is 12.2 Å². The lowest BCUT2D eigenvalue weighted by atomic mass is 10.2. The third-order valence-corrected chi connectivity index (χ3v) is 0.902. The van der Waals surface area contributed by atoms with E-state index in [4.69, 9.17) is 10.8 Å². The van der Waals surface area contributed by atoms with E-state index in [0.29, 0.717) is 6.42 Å². The second kappa shape index (κ2) is 7.95. The molecule has 0 aliphatic heterocycles. The number of rotatable bonds is 3. The second-order valence-corrected chi connectivity index (χ2v) is 1.70. The van der Waals surface area contributed by atoms with E-state index in [2.05, 4.69) is 0 Å². The SMILES string of the molecule is CC=CC(N)CCO.Cl. The lowest BCUT2D eigenvalue weighted by Crippen LogP contribution is -2.17. The first kappa shape index (κ1) is 11.7. The zero-order valence-electron chi connectivity index (χ0n) is 5.58. The quantitative estimate of drug-likeness (QED) is 0.584. The molecule has 0 fully saturated rings. The summed E-state index contributed by atoms with van der Waals surface area (Å²) in [7, 11) is 0. The minimum absolute atomic E-state index is 0. The van der Waals surface area contributed by atoms with E-state index in [1.165, 1.54) is 0 Å². The van der Waals surface area contributed by atoms with E-state index < -0.39 is 0 Å². The van der Waals surface area contributed by atoms with Gasteiger partial charge >= 0.3 is 0 Å². The van der Waals surface area contributed by atoms with Gasteiger partial charge in [-0.05, 0) is 13.3 Å². The zero-order valence-corrected chi connectivity index (χ0v) is 6.40.